The van der Waals surface area contributed by atoms with Crippen LogP contribution in [0, 0.1) is 13.8 Å². The largest absolute Gasteiger partial charge is 0.467 e. The molecular weight excluding hydrogens is 210 g/mol. The number of carbonyl (C=O) groups excluding carboxylic acids is 1. The Kier molecular flexibility index (Phi) is 4.19. The Morgan fingerprint density at radius 2 is 1.81 bits per heavy atom. The number of rotatable bonds is 4. The summed E-state index contributed by atoms with van der Waals surface area (Å²) in [4.78, 5) is 19.5. The predicted octanol–water partition coefficient (Wildman–Crippen LogP) is 0.687. The SMILES string of the molecule is COCC(=O)Nc1c(C)nc(OC)nc1C. The average Bonchev–Trinajstić information content (AvgIpc) is 2.23. The van der Waals surface area contributed by atoms with Crippen molar-refractivity contribution in [1.82, 2.24) is 9.97 Å². The Bertz CT molecular complexity index is 370. The predicted molar refractivity (Wildman–Crippen MR) is 58.6 cm³/mol. The highest BCUT2D eigenvalue weighted by Gasteiger charge is 2.11. The monoisotopic (exact) mass is 225 g/mol. The number of hydrogen-bond donors (Lipinski definition) is 1. The van der Waals surface area contributed by atoms with Crippen molar-refractivity contribution in [1.29, 1.82) is 0 Å². The minimum Gasteiger partial charge on any atom is -0.467 e. The number of anilines is 1. The number of amides is 1. The van der Waals surface area contributed by atoms with Crippen LogP contribution in [-0.2, 0) is 9.53 Å². The molecule has 0 fully saturated rings. The molecule has 1 heterocycles. The van der Waals surface area contributed by atoms with Crippen molar-refractivity contribution in [3.05, 3.63) is 11.4 Å². The highest BCUT2D eigenvalue weighted by Crippen LogP contribution is 2.18. The third-order valence-electron chi connectivity index (χ3n) is 1.97. The zero-order valence-corrected chi connectivity index (χ0v) is 9.83. The Morgan fingerprint density at radius 3 is 2.25 bits per heavy atom. The van der Waals surface area contributed by atoms with Crippen LogP contribution in [0.15, 0.2) is 0 Å². The lowest BCUT2D eigenvalue weighted by Gasteiger charge is -2.10. The van der Waals surface area contributed by atoms with Gasteiger partial charge >= 0.3 is 6.01 Å². The summed E-state index contributed by atoms with van der Waals surface area (Å²) >= 11 is 0. The summed E-state index contributed by atoms with van der Waals surface area (Å²) in [5.74, 6) is -0.234. The van der Waals surface area contributed by atoms with Crippen LogP contribution >= 0.6 is 0 Å². The third-order valence-corrected chi connectivity index (χ3v) is 1.97. The van der Waals surface area contributed by atoms with E-state index in [1.54, 1.807) is 13.8 Å². The summed E-state index contributed by atoms with van der Waals surface area (Å²) in [5, 5.41) is 2.69. The number of ether oxygens (including phenoxy) is 2. The van der Waals surface area contributed by atoms with E-state index in [0.717, 1.165) is 0 Å². The molecule has 0 aliphatic rings. The second-order valence-corrected chi connectivity index (χ2v) is 3.24. The van der Waals surface area contributed by atoms with Gasteiger partial charge in [0.1, 0.15) is 6.61 Å². The lowest BCUT2D eigenvalue weighted by atomic mass is 10.3. The molecule has 1 aromatic heterocycles. The topological polar surface area (TPSA) is 73.3 Å². The molecule has 16 heavy (non-hydrogen) atoms. The zero-order chi connectivity index (χ0) is 12.1. The summed E-state index contributed by atoms with van der Waals surface area (Å²) in [7, 11) is 2.96. The van der Waals surface area contributed by atoms with Gasteiger partial charge in [0.25, 0.3) is 0 Å². The highest BCUT2D eigenvalue weighted by atomic mass is 16.5. The Morgan fingerprint density at radius 1 is 1.25 bits per heavy atom. The second kappa shape index (κ2) is 5.41. The Balaban J connectivity index is 2.92. The van der Waals surface area contributed by atoms with E-state index in [9.17, 15) is 4.79 Å². The Hall–Kier alpha value is -1.69. The smallest absolute Gasteiger partial charge is 0.316 e. The normalized spacial score (nSPS) is 10.0. The van der Waals surface area contributed by atoms with Crippen LogP contribution in [0.2, 0.25) is 0 Å². The molecule has 0 spiro atoms. The van der Waals surface area contributed by atoms with E-state index in [0.29, 0.717) is 23.1 Å². The van der Waals surface area contributed by atoms with Gasteiger partial charge in [-0.25, -0.2) is 0 Å². The summed E-state index contributed by atoms with van der Waals surface area (Å²) in [6, 6.07) is 0.291. The molecule has 6 heteroatoms. The molecule has 0 radical (unpaired) electrons. The van der Waals surface area contributed by atoms with Crippen LogP contribution < -0.4 is 10.1 Å². The molecule has 0 aliphatic heterocycles. The number of nitrogens with zero attached hydrogens (tertiary/aromatic N) is 2. The van der Waals surface area contributed by atoms with E-state index in [1.807, 2.05) is 0 Å². The van der Waals surface area contributed by atoms with Gasteiger partial charge in [-0.1, -0.05) is 0 Å². The molecule has 0 aromatic carbocycles. The van der Waals surface area contributed by atoms with E-state index in [4.69, 9.17) is 9.47 Å². The van der Waals surface area contributed by atoms with Crippen LogP contribution in [0.25, 0.3) is 0 Å². The van der Waals surface area contributed by atoms with Gasteiger partial charge in [0.05, 0.1) is 24.2 Å². The van der Waals surface area contributed by atoms with Crippen molar-refractivity contribution >= 4 is 11.6 Å². The molecule has 1 aromatic rings. The van der Waals surface area contributed by atoms with Crippen LogP contribution in [-0.4, -0.2) is 36.7 Å². The van der Waals surface area contributed by atoms with E-state index >= 15 is 0 Å². The van der Waals surface area contributed by atoms with Crippen LogP contribution in [0.5, 0.6) is 6.01 Å². The quantitative estimate of drug-likeness (QED) is 0.816. The first-order chi connectivity index (χ1) is 7.58. The molecule has 1 amide bonds. The van der Waals surface area contributed by atoms with Gasteiger partial charge in [0.15, 0.2) is 0 Å². The lowest BCUT2D eigenvalue weighted by molar-refractivity contribution is -0.119. The number of hydrogen-bond acceptors (Lipinski definition) is 5. The standard InChI is InChI=1S/C10H15N3O3/c1-6-9(13-8(14)5-15-3)7(2)12-10(11-6)16-4/h5H2,1-4H3,(H,13,14). The van der Waals surface area contributed by atoms with E-state index < -0.39 is 0 Å². The first kappa shape index (κ1) is 12.4. The summed E-state index contributed by atoms with van der Waals surface area (Å²) in [6.45, 7) is 3.56. The molecule has 88 valence electrons. The fourth-order valence-electron chi connectivity index (χ4n) is 1.26. The molecule has 0 aliphatic carbocycles. The first-order valence-corrected chi connectivity index (χ1v) is 4.76. The maximum atomic E-state index is 11.3. The van der Waals surface area contributed by atoms with Gasteiger partial charge in [0.2, 0.25) is 5.91 Å². The van der Waals surface area contributed by atoms with Gasteiger partial charge in [-0.15, -0.1) is 0 Å². The average molecular weight is 225 g/mol. The van der Waals surface area contributed by atoms with Crippen LogP contribution in [0.4, 0.5) is 5.69 Å². The molecule has 1 N–H and O–H groups in total. The van der Waals surface area contributed by atoms with Crippen molar-refractivity contribution in [2.75, 3.05) is 26.1 Å². The molecule has 0 saturated heterocycles. The van der Waals surface area contributed by atoms with Gasteiger partial charge < -0.3 is 14.8 Å². The summed E-state index contributed by atoms with van der Waals surface area (Å²) < 4.78 is 9.65. The van der Waals surface area contributed by atoms with E-state index in [-0.39, 0.29) is 12.5 Å². The summed E-state index contributed by atoms with van der Waals surface area (Å²) in [5.41, 5.74) is 1.92. The van der Waals surface area contributed by atoms with Gasteiger partial charge in [-0.2, -0.15) is 9.97 Å². The third kappa shape index (κ3) is 2.90. The molecule has 0 unspecified atom stereocenters. The van der Waals surface area contributed by atoms with Crippen molar-refractivity contribution in [3.8, 4) is 6.01 Å². The first-order valence-electron chi connectivity index (χ1n) is 4.76. The highest BCUT2D eigenvalue weighted by molar-refractivity contribution is 5.92. The van der Waals surface area contributed by atoms with Crippen molar-refractivity contribution in [2.45, 2.75) is 13.8 Å². The fourth-order valence-corrected chi connectivity index (χ4v) is 1.26. The number of aryl methyl sites for hydroxylation is 2. The molecule has 1 rings (SSSR count). The van der Waals surface area contributed by atoms with Gasteiger partial charge in [-0.05, 0) is 13.8 Å². The maximum Gasteiger partial charge on any atom is 0.316 e. The lowest BCUT2D eigenvalue weighted by Crippen LogP contribution is -2.19. The molecule has 6 nitrogen and oxygen atoms in total. The fraction of sp³-hybridized carbons (Fsp3) is 0.500. The van der Waals surface area contributed by atoms with Gasteiger partial charge in [0, 0.05) is 7.11 Å². The minimum absolute atomic E-state index is 0.00487. The molecule has 0 atom stereocenters. The van der Waals surface area contributed by atoms with Crippen molar-refractivity contribution in [2.24, 2.45) is 0 Å². The summed E-state index contributed by atoms with van der Waals surface area (Å²) in [6.07, 6.45) is 0. The van der Waals surface area contributed by atoms with Crippen LogP contribution in [0.3, 0.4) is 0 Å². The molecule has 0 bridgehead atoms. The minimum atomic E-state index is -0.234. The second-order valence-electron chi connectivity index (χ2n) is 3.24. The molecule has 0 saturated carbocycles. The molecular formula is C10H15N3O3. The van der Waals surface area contributed by atoms with Crippen molar-refractivity contribution in [3.63, 3.8) is 0 Å². The maximum absolute atomic E-state index is 11.3. The number of carbonyl (C=O) groups is 1. The van der Waals surface area contributed by atoms with Crippen molar-refractivity contribution < 1.29 is 14.3 Å². The van der Waals surface area contributed by atoms with Gasteiger partial charge in [-0.3, -0.25) is 4.79 Å². The van der Waals surface area contributed by atoms with Crippen LogP contribution in [0.1, 0.15) is 11.4 Å². The van der Waals surface area contributed by atoms with E-state index in [2.05, 4.69) is 15.3 Å². The number of methoxy groups -OCH3 is 2. The Labute approximate surface area is 94.0 Å². The van der Waals surface area contributed by atoms with E-state index in [1.165, 1.54) is 14.2 Å². The zero-order valence-electron chi connectivity index (χ0n) is 9.83. The number of aromatic nitrogens is 2. The number of nitrogens with one attached hydrogen (secondary N) is 1.